The van der Waals surface area contributed by atoms with E-state index in [1.54, 1.807) is 12.1 Å². The highest BCUT2D eigenvalue weighted by Crippen LogP contribution is 2.38. The van der Waals surface area contributed by atoms with Crippen molar-refractivity contribution in [1.29, 1.82) is 0 Å². The fourth-order valence-electron chi connectivity index (χ4n) is 2.76. The van der Waals surface area contributed by atoms with E-state index in [9.17, 15) is 21.6 Å². The summed E-state index contributed by atoms with van der Waals surface area (Å²) in [6, 6.07) is 7.68. The molecule has 1 aliphatic heterocycles. The van der Waals surface area contributed by atoms with E-state index in [0.717, 1.165) is 12.1 Å². The van der Waals surface area contributed by atoms with Crippen LogP contribution in [0.3, 0.4) is 0 Å². The van der Waals surface area contributed by atoms with Crippen molar-refractivity contribution >= 4 is 10.3 Å². The fraction of sp³-hybridized carbons (Fsp3) is 0.176. The number of alkyl halides is 3. The first-order chi connectivity index (χ1) is 13.7. The molecule has 2 heterocycles. The molecule has 1 aliphatic rings. The fourth-order valence-corrected chi connectivity index (χ4v) is 3.70. The van der Waals surface area contributed by atoms with Gasteiger partial charge in [-0.1, -0.05) is 0 Å². The first kappa shape index (κ1) is 19.2. The summed E-state index contributed by atoms with van der Waals surface area (Å²) in [6.45, 7) is 0. The average Bonchev–Trinajstić information content (AvgIpc) is 3.15. The Bertz CT molecular complexity index is 1160. The van der Waals surface area contributed by atoms with Crippen LogP contribution in [-0.4, -0.2) is 25.7 Å². The molecule has 152 valence electrons. The Morgan fingerprint density at radius 2 is 1.83 bits per heavy atom. The van der Waals surface area contributed by atoms with Gasteiger partial charge in [-0.2, -0.15) is 26.3 Å². The van der Waals surface area contributed by atoms with E-state index in [1.807, 2.05) is 0 Å². The van der Waals surface area contributed by atoms with Crippen LogP contribution in [0.4, 0.5) is 13.2 Å². The molecule has 0 fully saturated rings. The first-order valence-corrected chi connectivity index (χ1v) is 9.48. The quantitative estimate of drug-likeness (QED) is 0.685. The van der Waals surface area contributed by atoms with Gasteiger partial charge in [-0.05, 0) is 36.4 Å². The van der Waals surface area contributed by atoms with E-state index in [2.05, 4.69) is 14.9 Å². The van der Waals surface area contributed by atoms with Crippen LogP contribution in [0, 0.1) is 0 Å². The van der Waals surface area contributed by atoms with Crippen LogP contribution in [0.2, 0.25) is 0 Å². The zero-order valence-electron chi connectivity index (χ0n) is 14.6. The van der Waals surface area contributed by atoms with Crippen LogP contribution < -0.4 is 13.6 Å². The Morgan fingerprint density at radius 3 is 2.48 bits per heavy atom. The average molecular weight is 427 g/mol. The predicted octanol–water partition coefficient (Wildman–Crippen LogP) is 3.08. The maximum absolute atomic E-state index is 12.7. The van der Waals surface area contributed by atoms with E-state index in [0.29, 0.717) is 11.3 Å². The van der Waals surface area contributed by atoms with E-state index in [-0.39, 0.29) is 23.1 Å². The second kappa shape index (κ2) is 6.74. The standard InChI is InChI=1S/C17H12F3N3O5S/c1-26-11-6-7-12-13(8-11)28-29(24,25)23-14(12)16-22-21-15(27-16)9-2-4-10(5-3-9)17(18,19)20/h2-8,14,23H,1H3. The molecule has 12 heteroatoms. The summed E-state index contributed by atoms with van der Waals surface area (Å²) in [6.07, 6.45) is -4.47. The maximum atomic E-state index is 12.7. The molecule has 29 heavy (non-hydrogen) atoms. The van der Waals surface area contributed by atoms with Gasteiger partial charge in [-0.25, -0.2) is 0 Å². The summed E-state index contributed by atoms with van der Waals surface area (Å²) in [5.74, 6) is 0.255. The van der Waals surface area contributed by atoms with Crippen molar-refractivity contribution in [2.75, 3.05) is 7.11 Å². The lowest BCUT2D eigenvalue weighted by Gasteiger charge is -2.24. The molecule has 4 rings (SSSR count). The zero-order chi connectivity index (χ0) is 20.8. The normalized spacial score (nSPS) is 18.0. The van der Waals surface area contributed by atoms with Crippen molar-refractivity contribution in [3.8, 4) is 23.0 Å². The molecular formula is C17H12F3N3O5S. The molecule has 3 aromatic rings. The number of benzene rings is 2. The van der Waals surface area contributed by atoms with Crippen molar-refractivity contribution in [3.05, 3.63) is 59.5 Å². The third-order valence-corrected chi connectivity index (χ3v) is 5.06. The van der Waals surface area contributed by atoms with Crippen molar-refractivity contribution in [1.82, 2.24) is 14.9 Å². The second-order valence-electron chi connectivity index (χ2n) is 6.01. The highest BCUT2D eigenvalue weighted by Gasteiger charge is 2.35. The number of nitrogens with zero attached hydrogens (tertiary/aromatic N) is 2. The van der Waals surface area contributed by atoms with E-state index in [4.69, 9.17) is 13.3 Å². The first-order valence-electron chi connectivity index (χ1n) is 8.07. The van der Waals surface area contributed by atoms with Crippen molar-refractivity contribution in [2.24, 2.45) is 0 Å². The minimum atomic E-state index is -4.47. The molecule has 8 nitrogen and oxygen atoms in total. The number of rotatable bonds is 3. The summed E-state index contributed by atoms with van der Waals surface area (Å²) in [4.78, 5) is 0. The van der Waals surface area contributed by atoms with Crippen molar-refractivity contribution < 1.29 is 34.9 Å². The Labute approximate surface area is 162 Å². The minimum absolute atomic E-state index is 0.0300. The van der Waals surface area contributed by atoms with Crippen LogP contribution in [0.15, 0.2) is 46.9 Å². The maximum Gasteiger partial charge on any atom is 0.416 e. The molecule has 0 saturated carbocycles. The van der Waals surface area contributed by atoms with E-state index < -0.39 is 28.1 Å². The van der Waals surface area contributed by atoms with Gasteiger partial charge in [0, 0.05) is 17.2 Å². The monoisotopic (exact) mass is 427 g/mol. The van der Waals surface area contributed by atoms with Crippen LogP contribution in [0.25, 0.3) is 11.5 Å². The Kier molecular flexibility index (Phi) is 4.46. The van der Waals surface area contributed by atoms with E-state index >= 15 is 0 Å². The summed E-state index contributed by atoms with van der Waals surface area (Å²) in [7, 11) is -2.73. The zero-order valence-corrected chi connectivity index (χ0v) is 15.4. The van der Waals surface area contributed by atoms with Gasteiger partial charge >= 0.3 is 16.5 Å². The predicted molar refractivity (Wildman–Crippen MR) is 92.3 cm³/mol. The third-order valence-electron chi connectivity index (χ3n) is 4.14. The number of methoxy groups -OCH3 is 1. The SMILES string of the molecule is COc1ccc2c(c1)OS(=O)(=O)NC2c1nnc(-c2ccc(C(F)(F)F)cc2)o1. The number of ether oxygens (including phenoxy) is 1. The number of hydrogen-bond donors (Lipinski definition) is 1. The molecule has 0 radical (unpaired) electrons. The van der Waals surface area contributed by atoms with Crippen molar-refractivity contribution in [3.63, 3.8) is 0 Å². The van der Waals surface area contributed by atoms with Crippen LogP contribution in [0.1, 0.15) is 23.1 Å². The van der Waals surface area contributed by atoms with Gasteiger partial charge in [0.2, 0.25) is 11.8 Å². The minimum Gasteiger partial charge on any atom is -0.497 e. The number of nitrogens with one attached hydrogen (secondary N) is 1. The highest BCUT2D eigenvalue weighted by atomic mass is 32.2. The van der Waals surface area contributed by atoms with Gasteiger partial charge in [0.05, 0.1) is 12.7 Å². The van der Waals surface area contributed by atoms with Crippen LogP contribution >= 0.6 is 0 Å². The van der Waals surface area contributed by atoms with Crippen LogP contribution in [0.5, 0.6) is 11.5 Å². The third kappa shape index (κ3) is 3.76. The van der Waals surface area contributed by atoms with Crippen molar-refractivity contribution in [2.45, 2.75) is 12.2 Å². The Morgan fingerprint density at radius 1 is 1.10 bits per heavy atom. The molecule has 1 atom stereocenters. The van der Waals surface area contributed by atoms with Gasteiger partial charge in [0.1, 0.15) is 11.8 Å². The molecule has 0 amide bonds. The molecule has 0 bridgehead atoms. The number of hydrogen-bond acceptors (Lipinski definition) is 7. The second-order valence-corrected chi connectivity index (χ2v) is 7.32. The molecule has 0 spiro atoms. The van der Waals surface area contributed by atoms with Gasteiger partial charge < -0.3 is 13.3 Å². The smallest absolute Gasteiger partial charge is 0.416 e. The Hall–Kier alpha value is -3.12. The number of aromatic nitrogens is 2. The van der Waals surface area contributed by atoms with Gasteiger partial charge in [-0.3, -0.25) is 0 Å². The largest absolute Gasteiger partial charge is 0.497 e. The molecule has 2 aromatic carbocycles. The summed E-state index contributed by atoms with van der Waals surface area (Å²) < 4.78 is 79.9. The highest BCUT2D eigenvalue weighted by molar-refractivity contribution is 7.85. The molecule has 1 N–H and O–H groups in total. The van der Waals surface area contributed by atoms with Gasteiger partial charge in [0.15, 0.2) is 5.75 Å². The number of fused-ring (bicyclic) bond motifs is 1. The van der Waals surface area contributed by atoms with Gasteiger partial charge in [-0.15, -0.1) is 10.2 Å². The Balaban J connectivity index is 1.69. The summed E-state index contributed by atoms with van der Waals surface area (Å²) in [5.41, 5.74) is -0.161. The van der Waals surface area contributed by atoms with Crippen LogP contribution in [-0.2, 0) is 16.5 Å². The molecular weight excluding hydrogens is 415 g/mol. The topological polar surface area (TPSA) is 104 Å². The lowest BCUT2D eigenvalue weighted by Crippen LogP contribution is -2.37. The number of halogens is 3. The summed E-state index contributed by atoms with van der Waals surface area (Å²) >= 11 is 0. The molecule has 0 aliphatic carbocycles. The molecule has 1 aromatic heterocycles. The molecule has 1 unspecified atom stereocenters. The van der Waals surface area contributed by atoms with Gasteiger partial charge in [0.25, 0.3) is 0 Å². The molecule has 0 saturated heterocycles. The lowest BCUT2D eigenvalue weighted by atomic mass is 10.1. The summed E-state index contributed by atoms with van der Waals surface area (Å²) in [5, 5.41) is 7.65. The van der Waals surface area contributed by atoms with E-state index in [1.165, 1.54) is 25.3 Å². The lowest BCUT2D eigenvalue weighted by molar-refractivity contribution is -0.137.